The molecule has 1 unspecified atom stereocenters. The highest BCUT2D eigenvalue weighted by Gasteiger charge is 2.45. The van der Waals surface area contributed by atoms with Gasteiger partial charge in [-0.2, -0.15) is 0 Å². The van der Waals surface area contributed by atoms with Crippen molar-refractivity contribution in [2.24, 2.45) is 7.05 Å². The van der Waals surface area contributed by atoms with E-state index in [0.717, 1.165) is 16.5 Å². The fraction of sp³-hybridized carbons (Fsp3) is 0.375. The summed E-state index contributed by atoms with van der Waals surface area (Å²) in [6.07, 6.45) is 0.655. The number of aryl methyl sites for hydroxylation is 1. The zero-order chi connectivity index (χ0) is 21.5. The van der Waals surface area contributed by atoms with Crippen molar-refractivity contribution in [3.63, 3.8) is 0 Å². The molecule has 2 aromatic carbocycles. The van der Waals surface area contributed by atoms with Gasteiger partial charge in [0, 0.05) is 19.2 Å². The van der Waals surface area contributed by atoms with Crippen LogP contribution < -0.4 is 10.3 Å². The number of rotatable bonds is 5. The topological polar surface area (TPSA) is 49.7 Å². The number of hydrogen-bond acceptors (Lipinski definition) is 4. The number of hydrogen-bond donors (Lipinski definition) is 0. The van der Waals surface area contributed by atoms with E-state index in [1.54, 1.807) is 23.7 Å². The third-order valence-electron chi connectivity index (χ3n) is 5.66. The highest BCUT2D eigenvalue weighted by Crippen LogP contribution is 2.42. The highest BCUT2D eigenvalue weighted by molar-refractivity contribution is 5.79. The smallest absolute Gasteiger partial charge is 0.250 e. The second-order valence-corrected chi connectivity index (χ2v) is 8.23. The van der Waals surface area contributed by atoms with Gasteiger partial charge < -0.3 is 18.8 Å². The normalized spacial score (nSPS) is 20.6. The summed E-state index contributed by atoms with van der Waals surface area (Å²) in [6.45, 7) is 6.36. The third kappa shape index (κ3) is 3.85. The minimum atomic E-state index is -0.714. The second-order valence-electron chi connectivity index (χ2n) is 8.23. The Balaban J connectivity index is 1.58. The number of pyridine rings is 1. The van der Waals surface area contributed by atoms with E-state index in [0.29, 0.717) is 24.3 Å². The van der Waals surface area contributed by atoms with Gasteiger partial charge in [0.25, 0.3) is 5.56 Å². The summed E-state index contributed by atoms with van der Waals surface area (Å²) < 4.78 is 33.8. The molecule has 0 bridgehead atoms. The minimum Gasteiger partial charge on any atom is -0.489 e. The molecule has 2 heterocycles. The monoisotopic (exact) mass is 411 g/mol. The van der Waals surface area contributed by atoms with Crippen LogP contribution in [-0.4, -0.2) is 17.0 Å². The van der Waals surface area contributed by atoms with Crippen molar-refractivity contribution in [2.45, 2.75) is 45.2 Å². The van der Waals surface area contributed by atoms with E-state index in [1.165, 1.54) is 12.1 Å². The number of aromatic nitrogens is 1. The van der Waals surface area contributed by atoms with E-state index in [2.05, 4.69) is 0 Å². The Morgan fingerprint density at radius 3 is 2.63 bits per heavy atom. The van der Waals surface area contributed by atoms with Crippen molar-refractivity contribution in [1.82, 2.24) is 4.57 Å². The molecule has 1 aliphatic heterocycles. The van der Waals surface area contributed by atoms with Crippen molar-refractivity contribution in [3.8, 4) is 5.75 Å². The summed E-state index contributed by atoms with van der Waals surface area (Å²) >= 11 is 0. The van der Waals surface area contributed by atoms with Gasteiger partial charge in [0.1, 0.15) is 23.8 Å². The largest absolute Gasteiger partial charge is 0.489 e. The van der Waals surface area contributed by atoms with Gasteiger partial charge in [-0.15, -0.1) is 0 Å². The van der Waals surface area contributed by atoms with E-state index in [9.17, 15) is 9.18 Å². The van der Waals surface area contributed by atoms with Crippen LogP contribution in [0.5, 0.6) is 5.75 Å². The first kappa shape index (κ1) is 20.6. The molecule has 158 valence electrons. The van der Waals surface area contributed by atoms with Crippen LogP contribution >= 0.6 is 0 Å². The van der Waals surface area contributed by atoms with Crippen LogP contribution in [0, 0.1) is 5.82 Å². The Kier molecular flexibility index (Phi) is 5.16. The Hall–Kier alpha value is -2.70. The van der Waals surface area contributed by atoms with Crippen molar-refractivity contribution >= 4 is 10.9 Å². The SMILES string of the molecule is CCC1(c2cc(F)cc(OCc3ccc4c(ccc(=O)n4C)c3)c2)COC(C)(C)O1. The fourth-order valence-electron chi connectivity index (χ4n) is 3.94. The molecule has 0 saturated carbocycles. The average molecular weight is 411 g/mol. The van der Waals surface area contributed by atoms with Gasteiger partial charge >= 0.3 is 0 Å². The van der Waals surface area contributed by atoms with Gasteiger partial charge in [0.05, 0.1) is 12.1 Å². The molecule has 0 N–H and O–H groups in total. The summed E-state index contributed by atoms with van der Waals surface area (Å²) in [5.74, 6) is -0.655. The maximum atomic E-state index is 14.4. The van der Waals surface area contributed by atoms with Crippen LogP contribution in [0.2, 0.25) is 0 Å². The maximum absolute atomic E-state index is 14.4. The van der Waals surface area contributed by atoms with E-state index >= 15 is 0 Å². The lowest BCUT2D eigenvalue weighted by atomic mass is 9.91. The quantitative estimate of drug-likeness (QED) is 0.614. The Morgan fingerprint density at radius 1 is 1.13 bits per heavy atom. The van der Waals surface area contributed by atoms with Crippen molar-refractivity contribution in [2.75, 3.05) is 6.61 Å². The minimum absolute atomic E-state index is 0.0510. The summed E-state index contributed by atoms with van der Waals surface area (Å²) in [5, 5.41) is 0.946. The van der Waals surface area contributed by atoms with Crippen LogP contribution in [0.1, 0.15) is 38.3 Å². The molecule has 0 radical (unpaired) electrons. The molecule has 0 spiro atoms. The second kappa shape index (κ2) is 7.52. The van der Waals surface area contributed by atoms with Crippen molar-refractivity contribution < 1.29 is 18.6 Å². The van der Waals surface area contributed by atoms with Gasteiger partial charge in [-0.1, -0.05) is 13.0 Å². The summed E-state index contributed by atoms with van der Waals surface area (Å²) in [4.78, 5) is 11.8. The molecular weight excluding hydrogens is 385 g/mol. The lowest BCUT2D eigenvalue weighted by molar-refractivity contribution is -0.164. The Morgan fingerprint density at radius 2 is 1.93 bits per heavy atom. The molecule has 1 fully saturated rings. The zero-order valence-corrected chi connectivity index (χ0v) is 17.7. The number of nitrogens with zero attached hydrogens (tertiary/aromatic N) is 1. The van der Waals surface area contributed by atoms with Crippen LogP contribution in [-0.2, 0) is 28.7 Å². The number of ether oxygens (including phenoxy) is 3. The van der Waals surface area contributed by atoms with E-state index in [-0.39, 0.29) is 18.0 Å². The summed E-state index contributed by atoms with van der Waals surface area (Å²) in [5.41, 5.74) is 1.74. The molecule has 3 aromatic rings. The summed E-state index contributed by atoms with van der Waals surface area (Å²) in [6, 6.07) is 13.8. The van der Waals surface area contributed by atoms with Crippen LogP contribution in [0.25, 0.3) is 10.9 Å². The molecule has 30 heavy (non-hydrogen) atoms. The van der Waals surface area contributed by atoms with Gasteiger partial charge in [-0.25, -0.2) is 4.39 Å². The molecule has 5 nitrogen and oxygen atoms in total. The van der Waals surface area contributed by atoms with E-state index in [4.69, 9.17) is 14.2 Å². The first-order valence-corrected chi connectivity index (χ1v) is 10.1. The van der Waals surface area contributed by atoms with Gasteiger partial charge in [-0.3, -0.25) is 4.79 Å². The molecule has 6 heteroatoms. The van der Waals surface area contributed by atoms with Gasteiger partial charge in [-0.05, 0) is 67.1 Å². The maximum Gasteiger partial charge on any atom is 0.250 e. The molecule has 0 amide bonds. The summed E-state index contributed by atoms with van der Waals surface area (Å²) in [7, 11) is 1.74. The lowest BCUT2D eigenvalue weighted by Crippen LogP contribution is -2.31. The predicted octanol–water partition coefficient (Wildman–Crippen LogP) is 4.64. The van der Waals surface area contributed by atoms with Crippen molar-refractivity contribution in [1.29, 1.82) is 0 Å². The highest BCUT2D eigenvalue weighted by atomic mass is 19.1. The van der Waals surface area contributed by atoms with Crippen LogP contribution in [0.4, 0.5) is 4.39 Å². The molecular formula is C24H26FNO4. The number of fused-ring (bicyclic) bond motifs is 1. The number of halogens is 1. The van der Waals surface area contributed by atoms with E-state index in [1.807, 2.05) is 45.0 Å². The Labute approximate surface area is 175 Å². The average Bonchev–Trinajstić information content (AvgIpc) is 3.05. The molecule has 1 saturated heterocycles. The molecule has 1 atom stereocenters. The number of benzene rings is 2. The van der Waals surface area contributed by atoms with E-state index < -0.39 is 11.4 Å². The third-order valence-corrected chi connectivity index (χ3v) is 5.66. The Bertz CT molecular complexity index is 1150. The first-order chi connectivity index (χ1) is 14.2. The molecule has 1 aromatic heterocycles. The van der Waals surface area contributed by atoms with Crippen LogP contribution in [0.3, 0.4) is 0 Å². The zero-order valence-electron chi connectivity index (χ0n) is 17.7. The van der Waals surface area contributed by atoms with Crippen LogP contribution in [0.15, 0.2) is 53.3 Å². The lowest BCUT2D eigenvalue weighted by Gasteiger charge is -2.29. The molecule has 4 rings (SSSR count). The first-order valence-electron chi connectivity index (χ1n) is 10.1. The fourth-order valence-corrected chi connectivity index (χ4v) is 3.94. The predicted molar refractivity (Wildman–Crippen MR) is 113 cm³/mol. The molecule has 1 aliphatic rings. The standard InChI is InChI=1S/C24H26FNO4/c1-5-24(15-29-23(2,3)30-24)18-11-19(25)13-20(12-18)28-14-16-6-8-21-17(10-16)7-9-22(27)26(21)4/h6-13H,5,14-15H2,1-4H3. The van der Waals surface area contributed by atoms with Gasteiger partial charge in [0.15, 0.2) is 5.79 Å². The van der Waals surface area contributed by atoms with Gasteiger partial charge in [0.2, 0.25) is 0 Å². The van der Waals surface area contributed by atoms with Crippen molar-refractivity contribution in [3.05, 3.63) is 75.8 Å². The molecule has 0 aliphatic carbocycles.